The largest absolute Gasteiger partial charge is 0.457 e. The summed E-state index contributed by atoms with van der Waals surface area (Å²) in [6, 6.07) is 16.9. The van der Waals surface area contributed by atoms with Gasteiger partial charge in [-0.25, -0.2) is 0 Å². The number of aromatic nitrogens is 1. The van der Waals surface area contributed by atoms with Crippen molar-refractivity contribution in [3.63, 3.8) is 0 Å². The maximum atomic E-state index is 12.0. The number of pyridine rings is 1. The second-order valence-electron chi connectivity index (χ2n) is 5.86. The first kappa shape index (κ1) is 16.9. The number of amides is 1. The molecule has 0 aliphatic carbocycles. The first-order valence-corrected chi connectivity index (χ1v) is 8.15. The van der Waals surface area contributed by atoms with E-state index in [0.717, 1.165) is 16.7 Å². The highest BCUT2D eigenvalue weighted by atomic mass is 16.5. The van der Waals surface area contributed by atoms with Gasteiger partial charge in [-0.2, -0.15) is 0 Å². The third kappa shape index (κ3) is 4.55. The molecule has 0 saturated heterocycles. The number of nitrogens with zero attached hydrogens (tertiary/aromatic N) is 1. The van der Waals surface area contributed by atoms with Crippen molar-refractivity contribution in [1.82, 2.24) is 4.98 Å². The standard InChI is InChI=1S/C20H20N2O3/c1-14(2)24-13-20(23)22-19-10-11-21-18-9-8-16(12-17(18)19)25-15-6-4-3-5-7-15/h3-12,14H,13H2,1-2H3,(H,21,22,23). The molecule has 0 unspecified atom stereocenters. The summed E-state index contributed by atoms with van der Waals surface area (Å²) >= 11 is 0. The normalized spacial score (nSPS) is 10.8. The molecule has 1 amide bonds. The molecular weight excluding hydrogens is 316 g/mol. The molecule has 2 aromatic carbocycles. The fraction of sp³-hybridized carbons (Fsp3) is 0.200. The van der Waals surface area contributed by atoms with Crippen molar-refractivity contribution in [3.8, 4) is 11.5 Å². The molecule has 0 saturated carbocycles. The van der Waals surface area contributed by atoms with Crippen LogP contribution in [0, 0.1) is 0 Å². The lowest BCUT2D eigenvalue weighted by Crippen LogP contribution is -2.20. The highest BCUT2D eigenvalue weighted by molar-refractivity contribution is 6.01. The first-order chi connectivity index (χ1) is 12.1. The van der Waals surface area contributed by atoms with Crippen LogP contribution in [0.5, 0.6) is 11.5 Å². The van der Waals surface area contributed by atoms with Gasteiger partial charge in [-0.05, 0) is 50.2 Å². The van der Waals surface area contributed by atoms with E-state index in [1.54, 1.807) is 12.3 Å². The molecule has 0 bridgehead atoms. The van der Waals surface area contributed by atoms with Crippen molar-refractivity contribution < 1.29 is 14.3 Å². The van der Waals surface area contributed by atoms with Gasteiger partial charge in [0.05, 0.1) is 17.3 Å². The lowest BCUT2D eigenvalue weighted by atomic mass is 10.1. The molecule has 3 rings (SSSR count). The van der Waals surface area contributed by atoms with E-state index >= 15 is 0 Å². The third-order valence-corrected chi connectivity index (χ3v) is 3.51. The van der Waals surface area contributed by atoms with Crippen LogP contribution in [0.1, 0.15) is 13.8 Å². The number of carbonyl (C=O) groups is 1. The zero-order valence-electron chi connectivity index (χ0n) is 14.2. The van der Waals surface area contributed by atoms with Crippen molar-refractivity contribution >= 4 is 22.5 Å². The molecule has 128 valence electrons. The molecule has 0 spiro atoms. The van der Waals surface area contributed by atoms with Crippen molar-refractivity contribution in [1.29, 1.82) is 0 Å². The van der Waals surface area contributed by atoms with Crippen LogP contribution < -0.4 is 10.1 Å². The van der Waals surface area contributed by atoms with Crippen molar-refractivity contribution in [2.24, 2.45) is 0 Å². The minimum Gasteiger partial charge on any atom is -0.457 e. The van der Waals surface area contributed by atoms with E-state index in [1.807, 2.05) is 62.4 Å². The predicted molar refractivity (Wildman–Crippen MR) is 98.0 cm³/mol. The average molecular weight is 336 g/mol. The fourth-order valence-corrected chi connectivity index (χ4v) is 2.35. The number of anilines is 1. The van der Waals surface area contributed by atoms with Crippen LogP contribution >= 0.6 is 0 Å². The Morgan fingerprint density at radius 3 is 2.64 bits per heavy atom. The summed E-state index contributed by atoms with van der Waals surface area (Å²) in [5, 5.41) is 3.69. The summed E-state index contributed by atoms with van der Waals surface area (Å²) in [5.74, 6) is 1.23. The van der Waals surface area contributed by atoms with E-state index in [2.05, 4.69) is 10.3 Å². The van der Waals surface area contributed by atoms with Gasteiger partial charge in [0.25, 0.3) is 0 Å². The summed E-state index contributed by atoms with van der Waals surface area (Å²) in [6.45, 7) is 3.80. The van der Waals surface area contributed by atoms with Crippen molar-refractivity contribution in [2.75, 3.05) is 11.9 Å². The molecule has 0 radical (unpaired) electrons. The van der Waals surface area contributed by atoms with Crippen molar-refractivity contribution in [2.45, 2.75) is 20.0 Å². The molecule has 5 nitrogen and oxygen atoms in total. The second-order valence-corrected chi connectivity index (χ2v) is 5.86. The van der Waals surface area contributed by atoms with E-state index in [0.29, 0.717) is 11.4 Å². The molecule has 25 heavy (non-hydrogen) atoms. The number of rotatable bonds is 6. The lowest BCUT2D eigenvalue weighted by molar-refractivity contribution is -0.121. The van der Waals surface area contributed by atoms with Crippen molar-refractivity contribution in [3.05, 3.63) is 60.8 Å². The number of fused-ring (bicyclic) bond motifs is 1. The summed E-state index contributed by atoms with van der Waals surface area (Å²) in [5.41, 5.74) is 1.46. The number of carbonyl (C=O) groups excluding carboxylic acids is 1. The SMILES string of the molecule is CC(C)OCC(=O)Nc1ccnc2ccc(Oc3ccccc3)cc12. The molecule has 3 aromatic rings. The van der Waals surface area contributed by atoms with Crippen LogP contribution in [-0.4, -0.2) is 23.6 Å². The molecule has 0 aliphatic heterocycles. The summed E-state index contributed by atoms with van der Waals surface area (Å²) in [6.07, 6.45) is 1.67. The van der Waals surface area contributed by atoms with Crippen LogP contribution in [-0.2, 0) is 9.53 Å². The Bertz CT molecular complexity index is 863. The van der Waals surface area contributed by atoms with Gasteiger partial charge in [-0.1, -0.05) is 18.2 Å². The van der Waals surface area contributed by atoms with Crippen LogP contribution in [0.4, 0.5) is 5.69 Å². The van der Waals surface area contributed by atoms with Gasteiger partial charge in [0.15, 0.2) is 0 Å². The number of para-hydroxylation sites is 1. The number of hydrogen-bond donors (Lipinski definition) is 1. The van der Waals surface area contributed by atoms with E-state index in [-0.39, 0.29) is 18.6 Å². The van der Waals surface area contributed by atoms with E-state index in [1.165, 1.54) is 0 Å². The van der Waals surface area contributed by atoms with E-state index in [9.17, 15) is 4.79 Å². The number of nitrogens with one attached hydrogen (secondary N) is 1. The number of ether oxygens (including phenoxy) is 2. The molecule has 0 fully saturated rings. The van der Waals surface area contributed by atoms with Gasteiger partial charge < -0.3 is 14.8 Å². The molecule has 1 N–H and O–H groups in total. The number of hydrogen-bond acceptors (Lipinski definition) is 4. The second kappa shape index (κ2) is 7.77. The van der Waals surface area contributed by atoms with Gasteiger partial charge in [0, 0.05) is 11.6 Å². The Kier molecular flexibility index (Phi) is 5.26. The smallest absolute Gasteiger partial charge is 0.250 e. The number of benzene rings is 2. The Morgan fingerprint density at radius 1 is 1.08 bits per heavy atom. The monoisotopic (exact) mass is 336 g/mol. The molecule has 0 atom stereocenters. The topological polar surface area (TPSA) is 60.5 Å². The van der Waals surface area contributed by atoms with Crippen LogP contribution in [0.25, 0.3) is 10.9 Å². The Balaban J connectivity index is 1.83. The first-order valence-electron chi connectivity index (χ1n) is 8.15. The Labute approximate surface area is 146 Å². The highest BCUT2D eigenvalue weighted by Crippen LogP contribution is 2.28. The summed E-state index contributed by atoms with van der Waals surface area (Å²) in [4.78, 5) is 16.4. The molecule has 5 heteroatoms. The molecular formula is C20H20N2O3. The molecule has 0 aliphatic rings. The Hall–Kier alpha value is -2.92. The van der Waals surface area contributed by atoms with Gasteiger partial charge >= 0.3 is 0 Å². The van der Waals surface area contributed by atoms with Crippen LogP contribution in [0.3, 0.4) is 0 Å². The summed E-state index contributed by atoms with van der Waals surface area (Å²) < 4.78 is 11.2. The van der Waals surface area contributed by atoms with Gasteiger partial charge in [0.2, 0.25) is 5.91 Å². The van der Waals surface area contributed by atoms with E-state index in [4.69, 9.17) is 9.47 Å². The zero-order chi connectivity index (χ0) is 17.6. The fourth-order valence-electron chi connectivity index (χ4n) is 2.35. The molecule has 1 heterocycles. The third-order valence-electron chi connectivity index (χ3n) is 3.51. The lowest BCUT2D eigenvalue weighted by Gasteiger charge is -2.11. The summed E-state index contributed by atoms with van der Waals surface area (Å²) in [7, 11) is 0. The maximum Gasteiger partial charge on any atom is 0.250 e. The predicted octanol–water partition coefficient (Wildman–Crippen LogP) is 4.39. The van der Waals surface area contributed by atoms with E-state index < -0.39 is 0 Å². The zero-order valence-corrected chi connectivity index (χ0v) is 14.2. The minimum atomic E-state index is -0.199. The van der Waals surface area contributed by atoms with Crippen LogP contribution in [0.2, 0.25) is 0 Å². The van der Waals surface area contributed by atoms with Crippen LogP contribution in [0.15, 0.2) is 60.8 Å². The minimum absolute atomic E-state index is 0.00538. The van der Waals surface area contributed by atoms with Gasteiger partial charge in [-0.15, -0.1) is 0 Å². The highest BCUT2D eigenvalue weighted by Gasteiger charge is 2.09. The maximum absolute atomic E-state index is 12.0. The van der Waals surface area contributed by atoms with Gasteiger partial charge in [0.1, 0.15) is 18.1 Å². The Morgan fingerprint density at radius 2 is 1.88 bits per heavy atom. The molecule has 1 aromatic heterocycles. The van der Waals surface area contributed by atoms with Gasteiger partial charge in [-0.3, -0.25) is 9.78 Å². The average Bonchev–Trinajstić information content (AvgIpc) is 2.61. The quantitative estimate of drug-likeness (QED) is 0.725.